The van der Waals surface area contributed by atoms with Crippen molar-refractivity contribution in [2.75, 3.05) is 53.4 Å². The Morgan fingerprint density at radius 3 is 2.61 bits per heavy atom. The second kappa shape index (κ2) is 10.0. The largest absolute Gasteiger partial charge is 0.361 e. The Kier molecular flexibility index (Phi) is 7.18. The zero-order valence-electron chi connectivity index (χ0n) is 19.6. The number of hydrogen-bond acceptors (Lipinski definition) is 3. The van der Waals surface area contributed by atoms with E-state index in [0.717, 1.165) is 25.5 Å². The molecule has 3 N–H and O–H groups in total. The summed E-state index contributed by atoms with van der Waals surface area (Å²) in [6, 6.07) is 6.52. The molecule has 2 fully saturated rings. The molecule has 0 bridgehead atoms. The number of aliphatic imine (C=N–C) groups is 1. The first kappa shape index (κ1) is 22.2. The van der Waals surface area contributed by atoms with Gasteiger partial charge in [-0.05, 0) is 83.4 Å². The molecular formula is C25H40N6. The minimum atomic E-state index is 0.263. The number of guanidine groups is 1. The maximum Gasteiger partial charge on any atom is 0.191 e. The van der Waals surface area contributed by atoms with Crippen molar-refractivity contribution in [3.05, 3.63) is 35.5 Å². The fourth-order valence-electron chi connectivity index (χ4n) is 5.36. The number of piperidine rings is 2. The summed E-state index contributed by atoms with van der Waals surface area (Å²) >= 11 is 0. The van der Waals surface area contributed by atoms with Crippen molar-refractivity contribution < 1.29 is 0 Å². The van der Waals surface area contributed by atoms with Crippen LogP contribution >= 0.6 is 0 Å². The topological polar surface area (TPSA) is 58.7 Å². The third kappa shape index (κ3) is 5.07. The average Bonchev–Trinajstić information content (AvgIpc) is 3.22. The number of aromatic amines is 1. The van der Waals surface area contributed by atoms with Crippen molar-refractivity contribution in [2.24, 2.45) is 4.99 Å². The molecule has 2 saturated heterocycles. The zero-order valence-corrected chi connectivity index (χ0v) is 19.6. The van der Waals surface area contributed by atoms with Crippen molar-refractivity contribution in [2.45, 2.75) is 51.0 Å². The van der Waals surface area contributed by atoms with Crippen LogP contribution in [0.5, 0.6) is 0 Å². The van der Waals surface area contributed by atoms with Gasteiger partial charge in [0.2, 0.25) is 0 Å². The monoisotopic (exact) mass is 424 g/mol. The number of H-pyrrole nitrogens is 1. The molecule has 2 aliphatic heterocycles. The Balaban J connectivity index is 1.33. The predicted octanol–water partition coefficient (Wildman–Crippen LogP) is 3.13. The predicted molar refractivity (Wildman–Crippen MR) is 131 cm³/mol. The van der Waals surface area contributed by atoms with E-state index in [1.54, 1.807) is 0 Å². The Morgan fingerprint density at radius 2 is 1.87 bits per heavy atom. The van der Waals surface area contributed by atoms with E-state index in [2.05, 4.69) is 68.8 Å². The van der Waals surface area contributed by atoms with Crippen molar-refractivity contribution in [1.29, 1.82) is 0 Å². The van der Waals surface area contributed by atoms with E-state index >= 15 is 0 Å². The lowest BCUT2D eigenvalue weighted by molar-refractivity contribution is 0.0173. The fraction of sp³-hybridized carbons (Fsp3) is 0.640. The first-order chi connectivity index (χ1) is 15.1. The van der Waals surface area contributed by atoms with Crippen molar-refractivity contribution in [1.82, 2.24) is 25.4 Å². The van der Waals surface area contributed by atoms with E-state index in [4.69, 9.17) is 0 Å². The summed E-state index contributed by atoms with van der Waals surface area (Å²) < 4.78 is 0. The normalized spacial score (nSPS) is 20.8. The number of rotatable bonds is 6. The Morgan fingerprint density at radius 1 is 1.10 bits per heavy atom. The van der Waals surface area contributed by atoms with E-state index in [-0.39, 0.29) is 5.54 Å². The van der Waals surface area contributed by atoms with Crippen LogP contribution in [0.15, 0.2) is 29.4 Å². The van der Waals surface area contributed by atoms with Crippen LogP contribution < -0.4 is 10.6 Å². The highest BCUT2D eigenvalue weighted by atomic mass is 15.3. The molecule has 0 spiro atoms. The van der Waals surface area contributed by atoms with Gasteiger partial charge in [-0.15, -0.1) is 0 Å². The molecule has 0 atom stereocenters. The highest BCUT2D eigenvalue weighted by Gasteiger charge is 2.39. The molecule has 6 nitrogen and oxygen atoms in total. The number of fused-ring (bicyclic) bond motifs is 1. The number of aryl methyl sites for hydroxylation is 1. The summed E-state index contributed by atoms with van der Waals surface area (Å²) in [5.74, 6) is 0.923. The Labute approximate surface area is 187 Å². The molecule has 0 radical (unpaired) electrons. The van der Waals surface area contributed by atoms with Crippen molar-refractivity contribution in [3.63, 3.8) is 0 Å². The van der Waals surface area contributed by atoms with Gasteiger partial charge in [-0.25, -0.2) is 0 Å². The lowest BCUT2D eigenvalue weighted by atomic mass is 9.84. The Bertz CT molecular complexity index is 871. The second-order valence-corrected chi connectivity index (χ2v) is 9.49. The molecule has 2 aliphatic rings. The van der Waals surface area contributed by atoms with Crippen LogP contribution in [-0.4, -0.2) is 79.6 Å². The molecule has 0 saturated carbocycles. The molecule has 3 heterocycles. The second-order valence-electron chi connectivity index (χ2n) is 9.49. The standard InChI is InChI=1S/C25H40N6/c1-20-8-7-9-22-21(18-28-23(20)22)10-13-27-24(26-2)29-19-25(11-16-30(3)17-12-25)31-14-5-4-6-15-31/h7-9,18,28H,4-6,10-17,19H2,1-3H3,(H2,26,27,29). The number of para-hydroxylation sites is 1. The number of nitrogens with one attached hydrogen (secondary N) is 3. The third-order valence-corrected chi connectivity index (χ3v) is 7.45. The SMILES string of the molecule is CN=C(NCCc1c[nH]c2c(C)cccc12)NCC1(N2CCCCC2)CCN(C)CC1. The number of nitrogens with zero attached hydrogens (tertiary/aromatic N) is 3. The van der Waals surface area contributed by atoms with Gasteiger partial charge in [-0.1, -0.05) is 24.6 Å². The molecule has 31 heavy (non-hydrogen) atoms. The lowest BCUT2D eigenvalue weighted by Gasteiger charge is -2.50. The number of hydrogen-bond donors (Lipinski definition) is 3. The van der Waals surface area contributed by atoms with E-state index in [1.807, 2.05) is 7.05 Å². The fourth-order valence-corrected chi connectivity index (χ4v) is 5.36. The molecular weight excluding hydrogens is 384 g/mol. The minimum Gasteiger partial charge on any atom is -0.361 e. The zero-order chi connectivity index (χ0) is 21.7. The van der Waals surface area contributed by atoms with Crippen LogP contribution in [-0.2, 0) is 6.42 Å². The highest BCUT2D eigenvalue weighted by molar-refractivity contribution is 5.86. The maximum absolute atomic E-state index is 4.52. The van der Waals surface area contributed by atoms with E-state index in [9.17, 15) is 0 Å². The maximum atomic E-state index is 4.52. The van der Waals surface area contributed by atoms with Crippen LogP contribution in [0, 0.1) is 6.92 Å². The first-order valence-electron chi connectivity index (χ1n) is 12.0. The number of benzene rings is 1. The van der Waals surface area contributed by atoms with Crippen LogP contribution in [0.3, 0.4) is 0 Å². The van der Waals surface area contributed by atoms with Gasteiger partial charge in [0.05, 0.1) is 0 Å². The first-order valence-corrected chi connectivity index (χ1v) is 12.0. The van der Waals surface area contributed by atoms with Crippen LogP contribution in [0.4, 0.5) is 0 Å². The third-order valence-electron chi connectivity index (χ3n) is 7.45. The number of aromatic nitrogens is 1. The van der Waals surface area contributed by atoms with Crippen molar-refractivity contribution in [3.8, 4) is 0 Å². The molecule has 0 amide bonds. The molecule has 4 rings (SSSR count). The van der Waals surface area contributed by atoms with Crippen LogP contribution in [0.25, 0.3) is 10.9 Å². The van der Waals surface area contributed by atoms with E-state index < -0.39 is 0 Å². The summed E-state index contributed by atoms with van der Waals surface area (Å²) in [7, 11) is 4.13. The van der Waals surface area contributed by atoms with Gasteiger partial charge < -0.3 is 20.5 Å². The molecule has 1 aromatic carbocycles. The van der Waals surface area contributed by atoms with E-state index in [0.29, 0.717) is 0 Å². The van der Waals surface area contributed by atoms with Gasteiger partial charge in [0.1, 0.15) is 0 Å². The molecule has 0 unspecified atom stereocenters. The van der Waals surface area contributed by atoms with Crippen LogP contribution in [0.2, 0.25) is 0 Å². The molecule has 0 aliphatic carbocycles. The molecule has 6 heteroatoms. The summed E-state index contributed by atoms with van der Waals surface area (Å²) in [5, 5.41) is 8.57. The highest BCUT2D eigenvalue weighted by Crippen LogP contribution is 2.30. The number of likely N-dealkylation sites (tertiary alicyclic amines) is 2. The molecule has 1 aromatic heterocycles. The molecule has 2 aromatic rings. The van der Waals surface area contributed by atoms with Gasteiger partial charge in [-0.3, -0.25) is 9.89 Å². The lowest BCUT2D eigenvalue weighted by Crippen LogP contribution is -2.62. The summed E-state index contributed by atoms with van der Waals surface area (Å²) in [6.07, 6.45) is 9.68. The average molecular weight is 425 g/mol. The van der Waals surface area contributed by atoms with Gasteiger partial charge in [0.25, 0.3) is 0 Å². The van der Waals surface area contributed by atoms with Gasteiger partial charge in [0.15, 0.2) is 5.96 Å². The van der Waals surface area contributed by atoms with Gasteiger partial charge >= 0.3 is 0 Å². The molecule has 170 valence electrons. The summed E-state index contributed by atoms with van der Waals surface area (Å²) in [6.45, 7) is 8.88. The Hall–Kier alpha value is -2.05. The smallest absolute Gasteiger partial charge is 0.191 e. The summed E-state index contributed by atoms with van der Waals surface area (Å²) in [4.78, 5) is 13.2. The summed E-state index contributed by atoms with van der Waals surface area (Å²) in [5.41, 5.74) is 4.18. The van der Waals surface area contributed by atoms with Crippen LogP contribution in [0.1, 0.15) is 43.2 Å². The minimum absolute atomic E-state index is 0.263. The quantitative estimate of drug-likeness (QED) is 0.493. The van der Waals surface area contributed by atoms with Gasteiger partial charge in [0, 0.05) is 42.8 Å². The van der Waals surface area contributed by atoms with Gasteiger partial charge in [-0.2, -0.15) is 0 Å². The van der Waals surface area contributed by atoms with Crippen molar-refractivity contribution >= 4 is 16.9 Å². The van der Waals surface area contributed by atoms with E-state index in [1.165, 1.54) is 80.3 Å².